The number of hydrogen-bond donors (Lipinski definition) is 3. The van der Waals surface area contributed by atoms with Gasteiger partial charge in [-0.1, -0.05) is 24.3 Å². The van der Waals surface area contributed by atoms with Crippen molar-refractivity contribution < 1.29 is 9.59 Å². The number of para-hydroxylation sites is 1. The Labute approximate surface area is 146 Å². The molecule has 25 heavy (non-hydrogen) atoms. The normalized spacial score (nSPS) is 10.7. The zero-order valence-corrected chi connectivity index (χ0v) is 14.0. The van der Waals surface area contributed by atoms with Crippen molar-refractivity contribution in [3.63, 3.8) is 0 Å². The molecule has 2 aromatic rings. The predicted octanol–water partition coefficient (Wildman–Crippen LogP) is 2.86. The van der Waals surface area contributed by atoms with Gasteiger partial charge in [0.25, 0.3) is 11.8 Å². The Hall–Kier alpha value is -3.59. The minimum atomic E-state index is -0.602. The van der Waals surface area contributed by atoms with Crippen molar-refractivity contribution in [1.29, 1.82) is 5.26 Å². The molecule has 0 aliphatic rings. The van der Waals surface area contributed by atoms with Gasteiger partial charge in [-0.3, -0.25) is 9.59 Å². The van der Waals surface area contributed by atoms with Crippen LogP contribution in [-0.2, 0) is 4.79 Å². The molecule has 0 heterocycles. The largest absolute Gasteiger partial charge is 0.366 e. The number of nitrogens with zero attached hydrogens (tertiary/aromatic N) is 1. The van der Waals surface area contributed by atoms with E-state index in [0.29, 0.717) is 11.4 Å². The number of amides is 2. The average Bonchev–Trinajstić information content (AvgIpc) is 2.59. The van der Waals surface area contributed by atoms with Crippen LogP contribution in [0.15, 0.2) is 54.2 Å². The Morgan fingerprint density at radius 1 is 1.08 bits per heavy atom. The van der Waals surface area contributed by atoms with E-state index in [9.17, 15) is 14.9 Å². The van der Waals surface area contributed by atoms with E-state index in [2.05, 4.69) is 10.6 Å². The van der Waals surface area contributed by atoms with Crippen molar-refractivity contribution in [2.75, 3.05) is 10.6 Å². The fourth-order valence-electron chi connectivity index (χ4n) is 2.20. The number of aryl methyl sites for hydroxylation is 1. The molecular formula is C19H18N4O2. The number of anilines is 2. The van der Waals surface area contributed by atoms with Gasteiger partial charge < -0.3 is 16.4 Å². The Kier molecular flexibility index (Phi) is 5.54. The fraction of sp³-hybridized carbons (Fsp3) is 0.105. The smallest absolute Gasteiger partial charge is 0.267 e. The van der Waals surface area contributed by atoms with E-state index in [4.69, 9.17) is 5.73 Å². The molecule has 0 saturated carbocycles. The molecule has 2 amide bonds. The topological polar surface area (TPSA) is 108 Å². The molecule has 0 aliphatic carbocycles. The number of benzene rings is 2. The van der Waals surface area contributed by atoms with E-state index in [0.717, 1.165) is 11.1 Å². The highest BCUT2D eigenvalue weighted by molar-refractivity contribution is 6.07. The lowest BCUT2D eigenvalue weighted by Gasteiger charge is -2.10. The van der Waals surface area contributed by atoms with Gasteiger partial charge >= 0.3 is 0 Å². The molecule has 2 rings (SSSR count). The Balaban J connectivity index is 2.21. The summed E-state index contributed by atoms with van der Waals surface area (Å²) in [7, 11) is 0. The van der Waals surface area contributed by atoms with Gasteiger partial charge in [0.2, 0.25) is 0 Å². The minimum Gasteiger partial charge on any atom is -0.366 e. The first-order valence-corrected chi connectivity index (χ1v) is 7.57. The second-order valence-corrected chi connectivity index (χ2v) is 5.43. The highest BCUT2D eigenvalue weighted by Gasteiger charge is 2.12. The molecular weight excluding hydrogens is 316 g/mol. The van der Waals surface area contributed by atoms with Gasteiger partial charge in [-0.2, -0.15) is 5.26 Å². The summed E-state index contributed by atoms with van der Waals surface area (Å²) in [5, 5.41) is 14.8. The van der Waals surface area contributed by atoms with Gasteiger partial charge in [0.15, 0.2) is 0 Å². The maximum atomic E-state index is 12.3. The Morgan fingerprint density at radius 3 is 2.44 bits per heavy atom. The molecule has 0 aromatic heterocycles. The van der Waals surface area contributed by atoms with Crippen molar-refractivity contribution in [3.05, 3.63) is 70.9 Å². The summed E-state index contributed by atoms with van der Waals surface area (Å²) < 4.78 is 0. The number of carbonyl (C=O) groups excluding carboxylic acids is 2. The van der Waals surface area contributed by atoms with E-state index in [1.54, 1.807) is 30.3 Å². The fourth-order valence-corrected chi connectivity index (χ4v) is 2.20. The summed E-state index contributed by atoms with van der Waals surface area (Å²) in [6, 6.07) is 14.0. The lowest BCUT2D eigenvalue weighted by molar-refractivity contribution is -0.112. The number of hydrogen-bond acceptors (Lipinski definition) is 4. The number of nitrogens with two attached hydrogens (primary N) is 1. The molecule has 0 spiro atoms. The first-order chi connectivity index (χ1) is 11.9. The molecule has 6 heteroatoms. The van der Waals surface area contributed by atoms with E-state index >= 15 is 0 Å². The van der Waals surface area contributed by atoms with Crippen LogP contribution < -0.4 is 16.4 Å². The van der Waals surface area contributed by atoms with Crippen LogP contribution in [0.4, 0.5) is 11.4 Å². The van der Waals surface area contributed by atoms with Crippen LogP contribution in [0.2, 0.25) is 0 Å². The number of carbonyl (C=O) groups is 2. The highest BCUT2D eigenvalue weighted by Crippen LogP contribution is 2.19. The van der Waals surface area contributed by atoms with E-state index < -0.39 is 11.8 Å². The third kappa shape index (κ3) is 4.24. The number of rotatable bonds is 5. The highest BCUT2D eigenvalue weighted by atomic mass is 16.2. The molecule has 0 saturated heterocycles. The predicted molar refractivity (Wildman–Crippen MR) is 96.8 cm³/mol. The van der Waals surface area contributed by atoms with Crippen molar-refractivity contribution in [3.8, 4) is 6.07 Å². The summed E-state index contributed by atoms with van der Waals surface area (Å²) in [6.45, 7) is 3.83. The first kappa shape index (κ1) is 17.8. The summed E-state index contributed by atoms with van der Waals surface area (Å²) in [5.74, 6) is -1.14. The van der Waals surface area contributed by atoms with Crippen LogP contribution in [-0.4, -0.2) is 11.8 Å². The van der Waals surface area contributed by atoms with Crippen LogP contribution in [0.5, 0.6) is 0 Å². The van der Waals surface area contributed by atoms with Gasteiger partial charge in [-0.15, -0.1) is 0 Å². The van der Waals surface area contributed by atoms with E-state index in [1.807, 2.05) is 32.0 Å². The van der Waals surface area contributed by atoms with Gasteiger partial charge in [-0.25, -0.2) is 0 Å². The van der Waals surface area contributed by atoms with E-state index in [1.165, 1.54) is 6.20 Å². The molecule has 2 aromatic carbocycles. The van der Waals surface area contributed by atoms with Crippen molar-refractivity contribution >= 4 is 23.2 Å². The molecule has 6 nitrogen and oxygen atoms in total. The summed E-state index contributed by atoms with van der Waals surface area (Å²) >= 11 is 0. The molecule has 0 aliphatic heterocycles. The van der Waals surface area contributed by atoms with Crippen LogP contribution >= 0.6 is 0 Å². The molecule has 126 valence electrons. The SMILES string of the molecule is Cc1cccc(NC(=O)/C(C#N)=C\Nc2ccccc2C(N)=O)c1C. The molecule has 0 fully saturated rings. The molecule has 0 atom stereocenters. The molecule has 0 radical (unpaired) electrons. The van der Waals surface area contributed by atoms with Crippen LogP contribution in [0, 0.1) is 25.2 Å². The van der Waals surface area contributed by atoms with Crippen molar-refractivity contribution in [2.45, 2.75) is 13.8 Å². The summed E-state index contributed by atoms with van der Waals surface area (Å²) in [6.07, 6.45) is 1.25. The minimum absolute atomic E-state index is 0.125. The van der Waals surface area contributed by atoms with E-state index in [-0.39, 0.29) is 11.1 Å². The third-order valence-corrected chi connectivity index (χ3v) is 3.78. The summed E-state index contributed by atoms with van der Waals surface area (Å²) in [5.41, 5.74) is 8.47. The number of primary amides is 1. The Morgan fingerprint density at radius 2 is 1.76 bits per heavy atom. The standard InChI is InChI=1S/C19H18N4O2/c1-12-6-5-9-16(13(12)2)23-19(25)14(10-20)11-22-17-8-4-3-7-15(17)18(21)24/h3-9,11,22H,1-2H3,(H2,21,24)(H,23,25)/b14-11-. The Bertz CT molecular complexity index is 895. The second-order valence-electron chi connectivity index (χ2n) is 5.43. The van der Waals surface area contributed by atoms with Gasteiger partial charge in [0.05, 0.1) is 11.3 Å². The first-order valence-electron chi connectivity index (χ1n) is 7.57. The van der Waals surface area contributed by atoms with Crippen LogP contribution in [0.3, 0.4) is 0 Å². The summed E-state index contributed by atoms with van der Waals surface area (Å²) in [4.78, 5) is 23.7. The second kappa shape index (κ2) is 7.79. The van der Waals surface area contributed by atoms with Gasteiger partial charge in [0.1, 0.15) is 11.6 Å². The maximum absolute atomic E-state index is 12.3. The van der Waals surface area contributed by atoms with Gasteiger partial charge in [-0.05, 0) is 43.2 Å². The van der Waals surface area contributed by atoms with Crippen LogP contribution in [0.1, 0.15) is 21.5 Å². The monoisotopic (exact) mass is 334 g/mol. The quantitative estimate of drug-likeness (QED) is 0.577. The lowest BCUT2D eigenvalue weighted by Crippen LogP contribution is -2.16. The van der Waals surface area contributed by atoms with Crippen molar-refractivity contribution in [1.82, 2.24) is 0 Å². The molecule has 0 unspecified atom stereocenters. The maximum Gasteiger partial charge on any atom is 0.267 e. The van der Waals surface area contributed by atoms with Gasteiger partial charge in [0, 0.05) is 11.9 Å². The lowest BCUT2D eigenvalue weighted by atomic mass is 10.1. The third-order valence-electron chi connectivity index (χ3n) is 3.78. The zero-order valence-electron chi connectivity index (χ0n) is 14.0. The van der Waals surface area contributed by atoms with Crippen molar-refractivity contribution in [2.24, 2.45) is 5.73 Å². The zero-order chi connectivity index (χ0) is 18.4. The molecule has 0 bridgehead atoms. The number of nitrogens with one attached hydrogen (secondary N) is 2. The molecule has 4 N–H and O–H groups in total. The van der Waals surface area contributed by atoms with Crippen LogP contribution in [0.25, 0.3) is 0 Å². The number of nitriles is 1. The average molecular weight is 334 g/mol.